The highest BCUT2D eigenvalue weighted by Crippen LogP contribution is 2.57. The smallest absolute Gasteiger partial charge is 0.492 e. The molecule has 0 N–H and O–H groups in total. The van der Waals surface area contributed by atoms with E-state index < -0.39 is 22.6 Å². The van der Waals surface area contributed by atoms with Gasteiger partial charge in [-0.3, -0.25) is 0 Å². The first kappa shape index (κ1) is 41.0. The van der Waals surface area contributed by atoms with Crippen LogP contribution in [0.15, 0.2) is 194 Å². The molecule has 0 atom stereocenters. The van der Waals surface area contributed by atoms with Crippen LogP contribution in [0.25, 0.3) is 65.3 Å². The monoisotopic (exact) mass is 916 g/mol. The van der Waals surface area contributed by atoms with Gasteiger partial charge in [0, 0.05) is 27.7 Å². The SMILES string of the molecule is CC(C)(COc1ccc2ccccc2c1-c1c(OP2Oc3ccccc3O2)ccc2ccccc12)COc1ccc2ccccc2c1-c1c(OP2Oc3ccccc3O2)ccc2ccccc12. The molecule has 67 heavy (non-hydrogen) atoms. The molecule has 0 spiro atoms. The van der Waals surface area contributed by atoms with Crippen molar-refractivity contribution in [2.45, 2.75) is 13.8 Å². The first-order chi connectivity index (χ1) is 32.9. The van der Waals surface area contributed by atoms with E-state index in [-0.39, 0.29) is 0 Å². The van der Waals surface area contributed by atoms with Gasteiger partial charge in [0.15, 0.2) is 23.0 Å². The molecule has 0 amide bonds. The van der Waals surface area contributed by atoms with Crippen LogP contribution in [0.2, 0.25) is 0 Å². The van der Waals surface area contributed by atoms with E-state index in [1.54, 1.807) is 0 Å². The average Bonchev–Trinajstić information content (AvgIpc) is 3.98. The molecule has 12 rings (SSSR count). The van der Waals surface area contributed by atoms with Gasteiger partial charge >= 0.3 is 17.2 Å². The van der Waals surface area contributed by atoms with Crippen molar-refractivity contribution in [3.8, 4) is 68.2 Å². The Hall–Kier alpha value is -7.50. The zero-order valence-electron chi connectivity index (χ0n) is 36.5. The third-order valence-electron chi connectivity index (χ3n) is 12.0. The summed E-state index contributed by atoms with van der Waals surface area (Å²) in [4.78, 5) is 0. The van der Waals surface area contributed by atoms with Gasteiger partial charge in [-0.15, -0.1) is 0 Å². The summed E-state index contributed by atoms with van der Waals surface area (Å²) in [7, 11) is -3.50. The lowest BCUT2D eigenvalue weighted by atomic mass is 9.91. The maximum Gasteiger partial charge on any atom is 0.530 e. The minimum absolute atomic E-state index is 0.346. The Labute approximate surface area is 390 Å². The van der Waals surface area contributed by atoms with Crippen molar-refractivity contribution in [1.82, 2.24) is 0 Å². The predicted octanol–water partition coefficient (Wildman–Crippen LogP) is 16.3. The van der Waals surface area contributed by atoms with Crippen LogP contribution in [0.1, 0.15) is 13.8 Å². The summed E-state index contributed by atoms with van der Waals surface area (Å²) in [6.07, 6.45) is 0. The van der Waals surface area contributed by atoms with E-state index in [2.05, 4.69) is 135 Å². The molecule has 10 heteroatoms. The summed E-state index contributed by atoms with van der Waals surface area (Å²) in [6, 6.07) is 65.2. The summed E-state index contributed by atoms with van der Waals surface area (Å²) < 4.78 is 52.1. The van der Waals surface area contributed by atoms with E-state index in [1.807, 2.05) is 72.8 Å². The van der Waals surface area contributed by atoms with Gasteiger partial charge in [-0.05, 0) is 91.6 Å². The van der Waals surface area contributed by atoms with Crippen LogP contribution in [0.4, 0.5) is 0 Å². The van der Waals surface area contributed by atoms with Crippen LogP contribution in [0.3, 0.4) is 0 Å². The third-order valence-corrected chi connectivity index (χ3v) is 14.1. The lowest BCUT2D eigenvalue weighted by Gasteiger charge is -2.27. The van der Waals surface area contributed by atoms with Crippen LogP contribution < -0.4 is 36.6 Å². The molecule has 10 aromatic rings. The predicted molar refractivity (Wildman–Crippen MR) is 269 cm³/mol. The van der Waals surface area contributed by atoms with Gasteiger partial charge in [-0.1, -0.05) is 159 Å². The summed E-state index contributed by atoms with van der Waals surface area (Å²) in [5.74, 6) is 5.38. The molecule has 0 fully saturated rings. The second kappa shape index (κ2) is 17.1. The Morgan fingerprint density at radius 3 is 0.925 bits per heavy atom. The molecular weight excluding hydrogens is 875 g/mol. The number of rotatable bonds is 12. The molecule has 328 valence electrons. The van der Waals surface area contributed by atoms with Gasteiger partial charge < -0.3 is 36.6 Å². The third kappa shape index (κ3) is 7.82. The van der Waals surface area contributed by atoms with Gasteiger partial charge in [0.25, 0.3) is 0 Å². The van der Waals surface area contributed by atoms with Crippen LogP contribution in [-0.2, 0) is 0 Å². The molecule has 0 bridgehead atoms. The molecule has 0 aliphatic carbocycles. The molecular formula is C57H42O8P2. The largest absolute Gasteiger partial charge is 0.530 e. The molecule has 2 aliphatic heterocycles. The molecule has 0 saturated heterocycles. The van der Waals surface area contributed by atoms with Crippen LogP contribution >= 0.6 is 17.2 Å². The summed E-state index contributed by atoms with van der Waals surface area (Å²) in [5, 5.41) is 8.41. The van der Waals surface area contributed by atoms with Crippen molar-refractivity contribution < 1.29 is 36.6 Å². The minimum atomic E-state index is -1.75. The first-order valence-corrected chi connectivity index (χ1v) is 24.3. The standard InChI is InChI=1S/C57H42O8P2/c1-57(2,35-58-49-31-27-37-15-3-7-19-41(37)53(49)55-43-21-9-5-17-39(43)29-33-51(55)64-66-60-45-23-11-12-24-46(45)61-66)36-59-50-32-28-38-16-4-8-20-42(38)54(50)56-44-22-10-6-18-40(44)30-34-52(56)65-67-62-47-25-13-14-26-48(47)63-67/h3-34H,35-36H2,1-2H3. The number of hydrogen-bond acceptors (Lipinski definition) is 8. The normalized spacial score (nSPS) is 13.4. The molecule has 0 aromatic heterocycles. The molecule has 10 aromatic carbocycles. The zero-order chi connectivity index (χ0) is 44.9. The Bertz CT molecular complexity index is 3240. The maximum absolute atomic E-state index is 7.00. The number of benzene rings is 10. The summed E-state index contributed by atoms with van der Waals surface area (Å²) >= 11 is 0. The Balaban J connectivity index is 0.886. The zero-order valence-corrected chi connectivity index (χ0v) is 38.3. The van der Waals surface area contributed by atoms with Gasteiger partial charge in [-0.2, -0.15) is 0 Å². The number of para-hydroxylation sites is 4. The quantitative estimate of drug-likeness (QED) is 0.112. The Morgan fingerprint density at radius 1 is 0.328 bits per heavy atom. The summed E-state index contributed by atoms with van der Waals surface area (Å²) in [5.41, 5.74) is 3.18. The lowest BCUT2D eigenvalue weighted by molar-refractivity contribution is 0.111. The van der Waals surface area contributed by atoms with Crippen molar-refractivity contribution in [3.05, 3.63) is 194 Å². The fraction of sp³-hybridized carbons (Fsp3) is 0.0877. The molecule has 2 heterocycles. The van der Waals surface area contributed by atoms with Crippen molar-refractivity contribution in [2.75, 3.05) is 13.2 Å². The lowest BCUT2D eigenvalue weighted by Crippen LogP contribution is -2.29. The second-order valence-electron chi connectivity index (χ2n) is 17.3. The second-order valence-corrected chi connectivity index (χ2v) is 19.3. The van der Waals surface area contributed by atoms with E-state index in [0.29, 0.717) is 47.7 Å². The molecule has 0 saturated carbocycles. The van der Waals surface area contributed by atoms with E-state index in [4.69, 9.17) is 36.6 Å². The highest BCUT2D eigenvalue weighted by molar-refractivity contribution is 7.43. The highest BCUT2D eigenvalue weighted by atomic mass is 31.2. The first-order valence-electron chi connectivity index (χ1n) is 22.1. The highest BCUT2D eigenvalue weighted by Gasteiger charge is 2.33. The topological polar surface area (TPSA) is 73.8 Å². The molecule has 0 radical (unpaired) electrons. The van der Waals surface area contributed by atoms with Crippen LogP contribution in [0, 0.1) is 5.41 Å². The van der Waals surface area contributed by atoms with E-state index in [0.717, 1.165) is 76.8 Å². The van der Waals surface area contributed by atoms with Gasteiger partial charge in [-0.25, -0.2) is 0 Å². The van der Waals surface area contributed by atoms with Crippen molar-refractivity contribution >= 4 is 60.3 Å². The maximum atomic E-state index is 7.00. The Morgan fingerprint density at radius 2 is 0.597 bits per heavy atom. The van der Waals surface area contributed by atoms with Gasteiger partial charge in [0.05, 0.1) is 13.2 Å². The van der Waals surface area contributed by atoms with Crippen LogP contribution in [-0.4, -0.2) is 13.2 Å². The van der Waals surface area contributed by atoms with Crippen molar-refractivity contribution in [1.29, 1.82) is 0 Å². The number of ether oxygens (including phenoxy) is 2. The minimum Gasteiger partial charge on any atom is -0.492 e. The average molecular weight is 917 g/mol. The van der Waals surface area contributed by atoms with E-state index in [1.165, 1.54) is 0 Å². The summed E-state index contributed by atoms with van der Waals surface area (Å²) in [6.45, 7) is 5.02. The van der Waals surface area contributed by atoms with Crippen LogP contribution in [0.5, 0.6) is 46.0 Å². The Kier molecular flexibility index (Phi) is 10.4. The molecule has 8 nitrogen and oxygen atoms in total. The number of hydrogen-bond donors (Lipinski definition) is 0. The fourth-order valence-electron chi connectivity index (χ4n) is 8.81. The molecule has 2 aliphatic rings. The van der Waals surface area contributed by atoms with E-state index in [9.17, 15) is 0 Å². The van der Waals surface area contributed by atoms with Gasteiger partial charge in [0.1, 0.15) is 23.0 Å². The van der Waals surface area contributed by atoms with Crippen molar-refractivity contribution in [3.63, 3.8) is 0 Å². The van der Waals surface area contributed by atoms with Crippen molar-refractivity contribution in [2.24, 2.45) is 5.41 Å². The van der Waals surface area contributed by atoms with E-state index >= 15 is 0 Å². The molecule has 0 unspecified atom stereocenters. The number of fused-ring (bicyclic) bond motifs is 6. The van der Waals surface area contributed by atoms with Gasteiger partial charge in [0.2, 0.25) is 0 Å². The fourth-order valence-corrected chi connectivity index (χ4v) is 10.9.